The van der Waals surface area contributed by atoms with E-state index in [0.29, 0.717) is 12.0 Å². The van der Waals surface area contributed by atoms with Crippen molar-refractivity contribution in [1.29, 1.82) is 0 Å². The lowest BCUT2D eigenvalue weighted by Gasteiger charge is -2.29. The van der Waals surface area contributed by atoms with Gasteiger partial charge in [0.05, 0.1) is 0 Å². The van der Waals surface area contributed by atoms with Crippen LogP contribution in [-0.4, -0.2) is 19.1 Å². The lowest BCUT2D eigenvalue weighted by atomic mass is 9.90. The van der Waals surface area contributed by atoms with E-state index in [1.165, 1.54) is 32.2 Å². The molecule has 1 fully saturated rings. The van der Waals surface area contributed by atoms with Crippen LogP contribution in [0.25, 0.3) is 0 Å². The molecule has 0 bridgehead atoms. The highest BCUT2D eigenvalue weighted by Gasteiger charge is 2.19. The second kappa shape index (κ2) is 4.73. The van der Waals surface area contributed by atoms with Gasteiger partial charge in [-0.25, -0.2) is 0 Å². The van der Waals surface area contributed by atoms with E-state index in [0.717, 1.165) is 6.54 Å². The van der Waals surface area contributed by atoms with Crippen molar-refractivity contribution in [2.75, 3.05) is 13.1 Å². The first-order valence-corrected chi connectivity index (χ1v) is 4.82. The van der Waals surface area contributed by atoms with Gasteiger partial charge in [0, 0.05) is 6.04 Å². The molecule has 1 rings (SSSR count). The van der Waals surface area contributed by atoms with Crippen LogP contribution in [0.2, 0.25) is 0 Å². The maximum Gasteiger partial charge on any atom is 0.0107 e. The van der Waals surface area contributed by atoms with Crippen LogP contribution in [0.5, 0.6) is 0 Å². The topological polar surface area (TPSA) is 38.0 Å². The smallest absolute Gasteiger partial charge is 0.0107 e. The van der Waals surface area contributed by atoms with E-state index in [9.17, 15) is 0 Å². The predicted molar refractivity (Wildman–Crippen MR) is 48.5 cm³/mol. The van der Waals surface area contributed by atoms with Crippen molar-refractivity contribution in [2.24, 2.45) is 11.7 Å². The molecule has 1 aliphatic rings. The molecule has 2 nitrogen and oxygen atoms in total. The first-order chi connectivity index (χ1) is 5.38. The molecule has 0 aromatic rings. The van der Waals surface area contributed by atoms with Gasteiger partial charge in [-0.3, -0.25) is 0 Å². The van der Waals surface area contributed by atoms with Gasteiger partial charge in [-0.1, -0.05) is 19.8 Å². The van der Waals surface area contributed by atoms with Crippen molar-refractivity contribution in [3.63, 3.8) is 0 Å². The quantitative estimate of drug-likeness (QED) is 0.642. The largest absolute Gasteiger partial charge is 0.330 e. The SMILES string of the molecule is CCC(CN)C1CCCCN1. The monoisotopic (exact) mass is 156 g/mol. The summed E-state index contributed by atoms with van der Waals surface area (Å²) >= 11 is 0. The van der Waals surface area contributed by atoms with Crippen LogP contribution in [-0.2, 0) is 0 Å². The first-order valence-electron chi connectivity index (χ1n) is 4.82. The zero-order valence-electron chi connectivity index (χ0n) is 7.47. The third-order valence-corrected chi connectivity index (χ3v) is 2.74. The van der Waals surface area contributed by atoms with Crippen LogP contribution in [0.4, 0.5) is 0 Å². The minimum absolute atomic E-state index is 0.704. The number of piperidine rings is 1. The molecule has 0 aromatic carbocycles. The highest BCUT2D eigenvalue weighted by Crippen LogP contribution is 2.16. The molecule has 1 heterocycles. The molecule has 11 heavy (non-hydrogen) atoms. The zero-order valence-corrected chi connectivity index (χ0v) is 7.47. The summed E-state index contributed by atoms with van der Waals surface area (Å²) in [6, 6.07) is 0.707. The van der Waals surface area contributed by atoms with Gasteiger partial charge in [0.1, 0.15) is 0 Å². The summed E-state index contributed by atoms with van der Waals surface area (Å²) in [5.74, 6) is 0.704. The van der Waals surface area contributed by atoms with E-state index < -0.39 is 0 Å². The van der Waals surface area contributed by atoms with Gasteiger partial charge < -0.3 is 11.1 Å². The summed E-state index contributed by atoms with van der Waals surface area (Å²) in [5, 5.41) is 3.54. The summed E-state index contributed by atoms with van der Waals surface area (Å²) in [6.07, 6.45) is 5.27. The third kappa shape index (κ3) is 2.46. The van der Waals surface area contributed by atoms with E-state index in [1.54, 1.807) is 0 Å². The van der Waals surface area contributed by atoms with E-state index in [2.05, 4.69) is 12.2 Å². The lowest BCUT2D eigenvalue weighted by Crippen LogP contribution is -2.42. The second-order valence-electron chi connectivity index (χ2n) is 3.46. The highest BCUT2D eigenvalue weighted by molar-refractivity contribution is 4.79. The number of hydrogen-bond donors (Lipinski definition) is 2. The summed E-state index contributed by atoms with van der Waals surface area (Å²) in [5.41, 5.74) is 5.67. The Kier molecular flexibility index (Phi) is 3.87. The zero-order chi connectivity index (χ0) is 8.10. The first kappa shape index (κ1) is 9.01. The van der Waals surface area contributed by atoms with Gasteiger partial charge >= 0.3 is 0 Å². The van der Waals surface area contributed by atoms with Crippen molar-refractivity contribution >= 4 is 0 Å². The fraction of sp³-hybridized carbons (Fsp3) is 1.00. The molecule has 66 valence electrons. The molecule has 3 N–H and O–H groups in total. The average Bonchev–Trinajstić information content (AvgIpc) is 2.09. The van der Waals surface area contributed by atoms with Gasteiger partial charge in [0.15, 0.2) is 0 Å². The molecule has 0 aliphatic carbocycles. The summed E-state index contributed by atoms with van der Waals surface area (Å²) in [4.78, 5) is 0. The Labute approximate surface area is 69.5 Å². The molecular weight excluding hydrogens is 136 g/mol. The Morgan fingerprint density at radius 1 is 1.55 bits per heavy atom. The van der Waals surface area contributed by atoms with Crippen molar-refractivity contribution in [3.8, 4) is 0 Å². The van der Waals surface area contributed by atoms with E-state index >= 15 is 0 Å². The average molecular weight is 156 g/mol. The number of hydrogen-bond acceptors (Lipinski definition) is 2. The van der Waals surface area contributed by atoms with Crippen LogP contribution in [0.1, 0.15) is 32.6 Å². The van der Waals surface area contributed by atoms with Crippen LogP contribution in [0, 0.1) is 5.92 Å². The standard InChI is InChI=1S/C9H20N2/c1-2-8(7-10)9-5-3-4-6-11-9/h8-9,11H,2-7,10H2,1H3. The third-order valence-electron chi connectivity index (χ3n) is 2.74. The lowest BCUT2D eigenvalue weighted by molar-refractivity contribution is 0.293. The van der Waals surface area contributed by atoms with Crippen LogP contribution < -0.4 is 11.1 Å². The van der Waals surface area contributed by atoms with Crippen LogP contribution in [0.3, 0.4) is 0 Å². The van der Waals surface area contributed by atoms with Crippen LogP contribution >= 0.6 is 0 Å². The second-order valence-corrected chi connectivity index (χ2v) is 3.46. The van der Waals surface area contributed by atoms with Crippen molar-refractivity contribution in [1.82, 2.24) is 5.32 Å². The van der Waals surface area contributed by atoms with E-state index in [1.807, 2.05) is 0 Å². The maximum atomic E-state index is 5.67. The minimum Gasteiger partial charge on any atom is -0.330 e. The number of rotatable bonds is 3. The molecule has 2 atom stereocenters. The molecule has 1 aliphatic heterocycles. The van der Waals surface area contributed by atoms with E-state index in [-0.39, 0.29) is 0 Å². The molecule has 0 radical (unpaired) electrons. The van der Waals surface area contributed by atoms with Gasteiger partial charge in [-0.15, -0.1) is 0 Å². The predicted octanol–water partition coefficient (Wildman–Crippen LogP) is 1.11. The molecule has 0 aromatic heterocycles. The number of nitrogens with one attached hydrogen (secondary N) is 1. The molecule has 1 saturated heterocycles. The Hall–Kier alpha value is -0.0800. The Morgan fingerprint density at radius 3 is 2.82 bits per heavy atom. The van der Waals surface area contributed by atoms with E-state index in [4.69, 9.17) is 5.73 Å². The fourth-order valence-electron chi connectivity index (χ4n) is 1.90. The maximum absolute atomic E-state index is 5.67. The van der Waals surface area contributed by atoms with Gasteiger partial charge in [-0.05, 0) is 31.8 Å². The summed E-state index contributed by atoms with van der Waals surface area (Å²) in [7, 11) is 0. The molecule has 2 heteroatoms. The highest BCUT2D eigenvalue weighted by atomic mass is 14.9. The molecule has 0 spiro atoms. The molecule has 0 saturated carbocycles. The van der Waals surface area contributed by atoms with Gasteiger partial charge in [0.25, 0.3) is 0 Å². The van der Waals surface area contributed by atoms with Crippen molar-refractivity contribution < 1.29 is 0 Å². The summed E-state index contributed by atoms with van der Waals surface area (Å²) in [6.45, 7) is 4.27. The molecule has 2 unspecified atom stereocenters. The number of nitrogens with two attached hydrogens (primary N) is 1. The van der Waals surface area contributed by atoms with Crippen LogP contribution in [0.15, 0.2) is 0 Å². The molecular formula is C9H20N2. The summed E-state index contributed by atoms with van der Waals surface area (Å²) < 4.78 is 0. The van der Waals surface area contributed by atoms with Crippen molar-refractivity contribution in [3.05, 3.63) is 0 Å². The van der Waals surface area contributed by atoms with Gasteiger partial charge in [0.2, 0.25) is 0 Å². The fourth-order valence-corrected chi connectivity index (χ4v) is 1.90. The normalized spacial score (nSPS) is 28.4. The minimum atomic E-state index is 0.704. The molecule has 0 amide bonds. The van der Waals surface area contributed by atoms with Gasteiger partial charge in [-0.2, -0.15) is 0 Å². The Bertz CT molecular complexity index is 93.7. The van der Waals surface area contributed by atoms with Crippen molar-refractivity contribution in [2.45, 2.75) is 38.6 Å². The Morgan fingerprint density at radius 2 is 2.36 bits per heavy atom. The Balaban J connectivity index is 2.30.